The lowest BCUT2D eigenvalue weighted by molar-refractivity contribution is -0.136. The largest absolute Gasteiger partial charge is 0.508 e. The molecule has 1 N–H and O–H groups in total. The van der Waals surface area contributed by atoms with Crippen LogP contribution < -0.4 is 14.2 Å². The van der Waals surface area contributed by atoms with E-state index in [9.17, 15) is 14.7 Å². The van der Waals surface area contributed by atoms with Crippen LogP contribution in [0.1, 0.15) is 24.0 Å². The van der Waals surface area contributed by atoms with Gasteiger partial charge >= 0.3 is 6.03 Å². The van der Waals surface area contributed by atoms with Gasteiger partial charge in [-0.05, 0) is 48.2 Å². The SMILES string of the molecule is COCCN1C(=O)N(Cc2cc(OC)cc(OC)c2)C(=O)C12CCN(Cc1cc(O)cc(OC)c1)CC2. The smallest absolute Gasteiger partial charge is 0.328 e. The standard InChI is InChI=1S/C27H35N3O7/c1-34-10-9-30-26(33)29(18-20-13-23(36-3)16-24(14-20)37-4)25(32)27(30)5-7-28(8-6-27)17-19-11-21(31)15-22(12-19)35-2/h11-16,31H,5-10,17-18H2,1-4H3. The van der Waals surface area contributed by atoms with Crippen LogP contribution in [0.4, 0.5) is 4.79 Å². The number of ether oxygens (including phenoxy) is 4. The first kappa shape index (κ1) is 26.6. The molecule has 1 spiro atoms. The molecule has 37 heavy (non-hydrogen) atoms. The molecule has 2 heterocycles. The van der Waals surface area contributed by atoms with E-state index in [1.54, 1.807) is 63.7 Å². The van der Waals surface area contributed by atoms with Crippen molar-refractivity contribution in [2.45, 2.75) is 31.5 Å². The number of carbonyl (C=O) groups excluding carboxylic acids is 2. The van der Waals surface area contributed by atoms with E-state index < -0.39 is 5.54 Å². The Kier molecular flexibility index (Phi) is 8.09. The van der Waals surface area contributed by atoms with Crippen LogP contribution in [0.15, 0.2) is 36.4 Å². The van der Waals surface area contributed by atoms with Crippen LogP contribution in [0.2, 0.25) is 0 Å². The Morgan fingerprint density at radius 1 is 0.811 bits per heavy atom. The molecule has 10 heteroatoms. The fraction of sp³-hybridized carbons (Fsp3) is 0.481. The highest BCUT2D eigenvalue weighted by Gasteiger charge is 2.57. The van der Waals surface area contributed by atoms with Crippen LogP contribution in [0.5, 0.6) is 23.0 Å². The second kappa shape index (κ2) is 11.3. The summed E-state index contributed by atoms with van der Waals surface area (Å²) in [5.41, 5.74) is 0.759. The molecule has 2 aromatic carbocycles. The molecule has 0 saturated carbocycles. The van der Waals surface area contributed by atoms with Crippen LogP contribution in [-0.2, 0) is 22.6 Å². The Morgan fingerprint density at radius 3 is 1.95 bits per heavy atom. The predicted octanol–water partition coefficient (Wildman–Crippen LogP) is 2.86. The molecule has 200 valence electrons. The average Bonchev–Trinajstić information content (AvgIpc) is 3.08. The maximum Gasteiger partial charge on any atom is 0.328 e. The number of hydrogen-bond acceptors (Lipinski definition) is 8. The Morgan fingerprint density at radius 2 is 1.38 bits per heavy atom. The minimum Gasteiger partial charge on any atom is -0.508 e. The van der Waals surface area contributed by atoms with Gasteiger partial charge in [0.25, 0.3) is 5.91 Å². The minimum atomic E-state index is -0.911. The second-order valence-corrected chi connectivity index (χ2v) is 9.39. The molecule has 0 bridgehead atoms. The van der Waals surface area contributed by atoms with Gasteiger partial charge in [-0.15, -0.1) is 0 Å². The average molecular weight is 514 g/mol. The molecule has 2 aromatic rings. The Bertz CT molecular complexity index is 1110. The van der Waals surface area contributed by atoms with E-state index in [-0.39, 0.29) is 24.2 Å². The van der Waals surface area contributed by atoms with Gasteiger partial charge in [-0.25, -0.2) is 4.79 Å². The molecule has 0 radical (unpaired) electrons. The lowest BCUT2D eigenvalue weighted by Crippen LogP contribution is -2.57. The number of piperidine rings is 1. The molecule has 0 aromatic heterocycles. The maximum atomic E-state index is 13.9. The zero-order valence-electron chi connectivity index (χ0n) is 21.9. The molecule has 3 amide bonds. The van der Waals surface area contributed by atoms with Crippen molar-refractivity contribution >= 4 is 11.9 Å². The highest BCUT2D eigenvalue weighted by atomic mass is 16.5. The first-order valence-electron chi connectivity index (χ1n) is 12.3. The van der Waals surface area contributed by atoms with Crippen molar-refractivity contribution in [3.63, 3.8) is 0 Å². The summed E-state index contributed by atoms with van der Waals surface area (Å²) in [7, 11) is 6.27. The number of aromatic hydroxyl groups is 1. The van der Waals surface area contributed by atoms with Crippen molar-refractivity contribution in [1.82, 2.24) is 14.7 Å². The molecule has 2 aliphatic heterocycles. The molecule has 4 rings (SSSR count). The van der Waals surface area contributed by atoms with Gasteiger partial charge < -0.3 is 29.0 Å². The first-order chi connectivity index (χ1) is 17.8. The lowest BCUT2D eigenvalue weighted by Gasteiger charge is -2.42. The highest BCUT2D eigenvalue weighted by molar-refractivity contribution is 6.07. The van der Waals surface area contributed by atoms with E-state index in [2.05, 4.69) is 4.90 Å². The van der Waals surface area contributed by atoms with Crippen LogP contribution in [0.3, 0.4) is 0 Å². The van der Waals surface area contributed by atoms with Gasteiger partial charge in [-0.3, -0.25) is 14.6 Å². The fourth-order valence-corrected chi connectivity index (χ4v) is 5.23. The van der Waals surface area contributed by atoms with Crippen molar-refractivity contribution in [3.8, 4) is 23.0 Å². The topological polar surface area (TPSA) is 101 Å². The summed E-state index contributed by atoms with van der Waals surface area (Å²) in [5, 5.41) is 10.00. The first-order valence-corrected chi connectivity index (χ1v) is 12.3. The number of phenolic OH excluding ortho intramolecular Hbond substituents is 1. The van der Waals surface area contributed by atoms with Crippen molar-refractivity contribution < 1.29 is 33.6 Å². The number of nitrogens with zero attached hydrogens (tertiary/aromatic N) is 3. The lowest BCUT2D eigenvalue weighted by atomic mass is 9.85. The molecule has 10 nitrogen and oxygen atoms in total. The van der Waals surface area contributed by atoms with E-state index in [4.69, 9.17) is 18.9 Å². The quantitative estimate of drug-likeness (QED) is 0.484. The molecule has 0 aliphatic carbocycles. The fourth-order valence-electron chi connectivity index (χ4n) is 5.23. The summed E-state index contributed by atoms with van der Waals surface area (Å²) in [5.74, 6) is 1.74. The third-order valence-corrected chi connectivity index (χ3v) is 7.17. The summed E-state index contributed by atoms with van der Waals surface area (Å²) in [6.45, 7) is 2.66. The summed E-state index contributed by atoms with van der Waals surface area (Å²) in [6.07, 6.45) is 1.02. The Balaban J connectivity index is 1.53. The zero-order chi connectivity index (χ0) is 26.6. The number of methoxy groups -OCH3 is 4. The number of benzene rings is 2. The van der Waals surface area contributed by atoms with Crippen LogP contribution in [0.25, 0.3) is 0 Å². The van der Waals surface area contributed by atoms with Crippen molar-refractivity contribution in [3.05, 3.63) is 47.5 Å². The maximum absolute atomic E-state index is 13.9. The summed E-state index contributed by atoms with van der Waals surface area (Å²) >= 11 is 0. The number of likely N-dealkylation sites (tertiary alicyclic amines) is 1. The van der Waals surface area contributed by atoms with Crippen molar-refractivity contribution in [2.75, 3.05) is 54.7 Å². The van der Waals surface area contributed by atoms with Crippen molar-refractivity contribution in [1.29, 1.82) is 0 Å². The van der Waals surface area contributed by atoms with Crippen molar-refractivity contribution in [2.24, 2.45) is 0 Å². The second-order valence-electron chi connectivity index (χ2n) is 9.39. The number of phenols is 1. The molecule has 2 aliphatic rings. The summed E-state index contributed by atoms with van der Waals surface area (Å²) in [4.78, 5) is 32.7. The number of urea groups is 1. The number of rotatable bonds is 10. The van der Waals surface area contributed by atoms with Gasteiger partial charge in [-0.1, -0.05) is 0 Å². The summed E-state index contributed by atoms with van der Waals surface area (Å²) < 4.78 is 21.2. The molecular formula is C27H35N3O7. The summed E-state index contributed by atoms with van der Waals surface area (Å²) in [6, 6.07) is 10.2. The number of imide groups is 1. The van der Waals surface area contributed by atoms with E-state index >= 15 is 0 Å². The van der Waals surface area contributed by atoms with E-state index in [0.29, 0.717) is 62.9 Å². The number of amides is 3. The zero-order valence-corrected chi connectivity index (χ0v) is 21.9. The van der Waals surface area contributed by atoms with Gasteiger partial charge in [0.05, 0.1) is 34.5 Å². The van der Waals surface area contributed by atoms with Gasteiger partial charge in [0.1, 0.15) is 28.5 Å². The highest BCUT2D eigenvalue weighted by Crippen LogP contribution is 2.39. The van der Waals surface area contributed by atoms with Gasteiger partial charge in [0, 0.05) is 45.4 Å². The van der Waals surface area contributed by atoms with E-state index in [1.165, 1.54) is 4.90 Å². The Hall–Kier alpha value is -3.50. The van der Waals surface area contributed by atoms with Gasteiger partial charge in [0.15, 0.2) is 0 Å². The van der Waals surface area contributed by atoms with Crippen LogP contribution in [-0.4, -0.2) is 92.0 Å². The molecular weight excluding hydrogens is 478 g/mol. The third kappa shape index (κ3) is 5.45. The van der Waals surface area contributed by atoms with E-state index in [0.717, 1.165) is 11.1 Å². The normalized spacial score (nSPS) is 17.5. The van der Waals surface area contributed by atoms with Crippen LogP contribution >= 0.6 is 0 Å². The molecule has 0 atom stereocenters. The third-order valence-electron chi connectivity index (χ3n) is 7.17. The number of carbonyl (C=O) groups is 2. The molecule has 2 saturated heterocycles. The molecule has 2 fully saturated rings. The molecule has 0 unspecified atom stereocenters. The van der Waals surface area contributed by atoms with Gasteiger partial charge in [-0.2, -0.15) is 0 Å². The Labute approximate surface area is 217 Å². The predicted molar refractivity (Wildman–Crippen MR) is 136 cm³/mol. The van der Waals surface area contributed by atoms with Gasteiger partial charge in [0.2, 0.25) is 0 Å². The number of hydrogen-bond donors (Lipinski definition) is 1. The van der Waals surface area contributed by atoms with Crippen LogP contribution in [0, 0.1) is 0 Å². The van der Waals surface area contributed by atoms with E-state index in [1.807, 2.05) is 6.07 Å². The minimum absolute atomic E-state index is 0.128. The monoisotopic (exact) mass is 513 g/mol.